The van der Waals surface area contributed by atoms with E-state index in [2.05, 4.69) is 93.7 Å². The molecule has 1 fully saturated rings. The molecule has 406 valence electrons. The van der Waals surface area contributed by atoms with Crippen LogP contribution >= 0.6 is 0 Å². The molecular formula is C59H98O12. The van der Waals surface area contributed by atoms with Crippen LogP contribution in [0.2, 0.25) is 0 Å². The number of hydrogen-bond donors (Lipinski definition) is 3. The first kappa shape index (κ1) is 65.2. The molecule has 1 aliphatic heterocycles. The number of ether oxygens (including phenoxy) is 5. The normalized spacial score (nSPS) is 19.0. The van der Waals surface area contributed by atoms with E-state index in [1.807, 2.05) is 0 Å². The first-order valence-electron chi connectivity index (χ1n) is 27.9. The van der Waals surface area contributed by atoms with Crippen LogP contribution in [0, 0.1) is 0 Å². The van der Waals surface area contributed by atoms with Crippen molar-refractivity contribution in [2.75, 3.05) is 13.2 Å². The maximum atomic E-state index is 13.1. The Bertz CT molecular complexity index is 1510. The van der Waals surface area contributed by atoms with E-state index in [-0.39, 0.29) is 25.9 Å². The first-order valence-corrected chi connectivity index (χ1v) is 27.9. The number of hydrogen-bond acceptors (Lipinski definition) is 11. The molecule has 0 spiro atoms. The van der Waals surface area contributed by atoms with Gasteiger partial charge in [-0.2, -0.15) is 0 Å². The van der Waals surface area contributed by atoms with Crippen molar-refractivity contribution < 1.29 is 58.2 Å². The molecule has 12 nitrogen and oxygen atoms in total. The van der Waals surface area contributed by atoms with E-state index in [1.165, 1.54) is 57.8 Å². The van der Waals surface area contributed by atoms with Crippen LogP contribution < -0.4 is 0 Å². The van der Waals surface area contributed by atoms with Crippen molar-refractivity contribution in [1.82, 2.24) is 0 Å². The van der Waals surface area contributed by atoms with Crippen molar-refractivity contribution in [3.8, 4) is 0 Å². The van der Waals surface area contributed by atoms with Gasteiger partial charge in [-0.3, -0.25) is 14.4 Å². The number of carboxylic acid groups (broad SMARTS) is 1. The SMILES string of the molecule is CC/C=C\C/C=C\C/C=C\C/C=C\C/C=C\CCCCCC(=O)OCC(COC1OC(C(=O)O)C(O)C(O)C1OC(=O)CCCCCCC/C=C\CCCC)OC(=O)CCCCCCCCCCCCC. The molecule has 0 radical (unpaired) electrons. The molecule has 1 aliphatic rings. The van der Waals surface area contributed by atoms with Gasteiger partial charge < -0.3 is 39.0 Å². The second-order valence-corrected chi connectivity index (χ2v) is 18.8. The van der Waals surface area contributed by atoms with Gasteiger partial charge in [-0.05, 0) is 83.5 Å². The fourth-order valence-corrected chi connectivity index (χ4v) is 7.96. The summed E-state index contributed by atoms with van der Waals surface area (Å²) in [5, 5.41) is 31.3. The lowest BCUT2D eigenvalue weighted by atomic mass is 9.98. The van der Waals surface area contributed by atoms with Gasteiger partial charge in [0, 0.05) is 19.3 Å². The third kappa shape index (κ3) is 37.6. The van der Waals surface area contributed by atoms with Crippen LogP contribution in [0.15, 0.2) is 72.9 Å². The monoisotopic (exact) mass is 999 g/mol. The molecule has 1 saturated heterocycles. The number of carbonyl (C=O) groups excluding carboxylic acids is 3. The zero-order valence-corrected chi connectivity index (χ0v) is 44.4. The maximum Gasteiger partial charge on any atom is 0.335 e. The number of carboxylic acids is 1. The highest BCUT2D eigenvalue weighted by molar-refractivity contribution is 5.74. The summed E-state index contributed by atoms with van der Waals surface area (Å²) in [5.41, 5.74) is 0. The quantitative estimate of drug-likeness (QED) is 0.0228. The second-order valence-electron chi connectivity index (χ2n) is 18.8. The van der Waals surface area contributed by atoms with Crippen molar-refractivity contribution in [1.29, 1.82) is 0 Å². The first-order chi connectivity index (χ1) is 34.6. The van der Waals surface area contributed by atoms with Gasteiger partial charge in [-0.25, -0.2) is 4.79 Å². The van der Waals surface area contributed by atoms with Gasteiger partial charge in [0.2, 0.25) is 0 Å². The zero-order valence-electron chi connectivity index (χ0n) is 44.4. The molecule has 71 heavy (non-hydrogen) atoms. The maximum absolute atomic E-state index is 13.1. The number of aliphatic carboxylic acids is 1. The van der Waals surface area contributed by atoms with E-state index < -0.39 is 67.3 Å². The smallest absolute Gasteiger partial charge is 0.335 e. The Kier molecular flexibility index (Phi) is 43.3. The van der Waals surface area contributed by atoms with Crippen molar-refractivity contribution in [2.45, 2.75) is 263 Å². The van der Waals surface area contributed by atoms with E-state index >= 15 is 0 Å². The van der Waals surface area contributed by atoms with Crippen LogP contribution in [-0.2, 0) is 42.9 Å². The molecule has 1 heterocycles. The van der Waals surface area contributed by atoms with Crippen LogP contribution in [0.3, 0.4) is 0 Å². The summed E-state index contributed by atoms with van der Waals surface area (Å²) in [6.45, 7) is 5.78. The molecule has 3 N–H and O–H groups in total. The summed E-state index contributed by atoms with van der Waals surface area (Å²) in [5.74, 6) is -3.17. The summed E-state index contributed by atoms with van der Waals surface area (Å²) < 4.78 is 28.3. The van der Waals surface area contributed by atoms with Crippen molar-refractivity contribution in [3.05, 3.63) is 72.9 Å². The summed E-state index contributed by atoms with van der Waals surface area (Å²) in [6.07, 6.45) is 46.0. The Morgan fingerprint density at radius 2 is 0.901 bits per heavy atom. The van der Waals surface area contributed by atoms with Gasteiger partial charge in [0.1, 0.15) is 18.8 Å². The molecule has 0 aromatic heterocycles. The Morgan fingerprint density at radius 1 is 0.479 bits per heavy atom. The lowest BCUT2D eigenvalue weighted by molar-refractivity contribution is -0.301. The minimum absolute atomic E-state index is 0.0456. The molecule has 0 saturated carbocycles. The third-order valence-electron chi connectivity index (χ3n) is 12.3. The number of rotatable bonds is 46. The van der Waals surface area contributed by atoms with E-state index in [1.54, 1.807) is 0 Å². The lowest BCUT2D eigenvalue weighted by Gasteiger charge is -2.40. The molecule has 12 heteroatoms. The van der Waals surface area contributed by atoms with Gasteiger partial charge in [0.25, 0.3) is 0 Å². The average molecular weight is 999 g/mol. The van der Waals surface area contributed by atoms with Crippen molar-refractivity contribution >= 4 is 23.9 Å². The molecule has 0 aromatic carbocycles. The number of esters is 3. The highest BCUT2D eigenvalue weighted by Crippen LogP contribution is 2.26. The topological polar surface area (TPSA) is 175 Å². The molecule has 0 aromatic rings. The summed E-state index contributed by atoms with van der Waals surface area (Å²) in [7, 11) is 0. The molecule has 1 rings (SSSR count). The standard InChI is InChI=1S/C59H98O12/c1-4-7-10-13-16-19-22-23-24-25-26-27-28-29-32-33-36-39-42-45-51(60)67-48-50(69-52(61)46-43-40-37-34-30-20-17-14-11-8-5-2)49-68-59-57(55(64)54(63)56(71-59)58(65)66)70-53(62)47-44-41-38-35-31-21-18-15-12-9-6-3/h7,10,15-16,18-19,23-24,26-27,29,32,50,54-57,59,63-64H,4-6,8-9,11-14,17,20-22,25,28,30-31,33-49H2,1-3H3,(H,65,66)/b10-7-,18-15-,19-16-,24-23-,27-26-,32-29-. The van der Waals surface area contributed by atoms with Gasteiger partial charge in [0.15, 0.2) is 24.6 Å². The summed E-state index contributed by atoms with van der Waals surface area (Å²) in [4.78, 5) is 50.9. The van der Waals surface area contributed by atoms with E-state index in [4.69, 9.17) is 23.7 Å². The molecule has 6 unspecified atom stereocenters. The van der Waals surface area contributed by atoms with E-state index in [9.17, 15) is 34.5 Å². The van der Waals surface area contributed by atoms with Crippen LogP contribution in [-0.4, -0.2) is 89.2 Å². The molecule has 0 bridgehead atoms. The third-order valence-corrected chi connectivity index (χ3v) is 12.3. The second kappa shape index (κ2) is 47.2. The van der Waals surface area contributed by atoms with Crippen LogP contribution in [0.25, 0.3) is 0 Å². The highest BCUT2D eigenvalue weighted by Gasteiger charge is 2.50. The van der Waals surface area contributed by atoms with E-state index in [0.717, 1.165) is 109 Å². The average Bonchev–Trinajstić information content (AvgIpc) is 3.35. The summed E-state index contributed by atoms with van der Waals surface area (Å²) >= 11 is 0. The minimum atomic E-state index is -1.91. The zero-order chi connectivity index (χ0) is 51.8. The molecular weight excluding hydrogens is 901 g/mol. The number of unbranched alkanes of at least 4 members (excludes halogenated alkanes) is 20. The Hall–Kier alpha value is -3.84. The Labute approximate surface area is 429 Å². The summed E-state index contributed by atoms with van der Waals surface area (Å²) in [6, 6.07) is 0. The van der Waals surface area contributed by atoms with Crippen LogP contribution in [0.5, 0.6) is 0 Å². The van der Waals surface area contributed by atoms with Gasteiger partial charge in [-0.15, -0.1) is 0 Å². The fourth-order valence-electron chi connectivity index (χ4n) is 7.96. The Morgan fingerprint density at radius 3 is 1.42 bits per heavy atom. The van der Waals surface area contributed by atoms with Gasteiger partial charge >= 0.3 is 23.9 Å². The van der Waals surface area contributed by atoms with Crippen LogP contribution in [0.4, 0.5) is 0 Å². The molecule has 0 amide bonds. The number of aliphatic hydroxyl groups is 2. The molecule has 6 atom stereocenters. The predicted molar refractivity (Wildman–Crippen MR) is 285 cm³/mol. The van der Waals surface area contributed by atoms with E-state index in [0.29, 0.717) is 19.3 Å². The Balaban J connectivity index is 2.71. The number of carbonyl (C=O) groups is 4. The fraction of sp³-hybridized carbons (Fsp3) is 0.729. The molecule has 0 aliphatic carbocycles. The van der Waals surface area contributed by atoms with Gasteiger partial charge in [0.05, 0.1) is 6.61 Å². The lowest BCUT2D eigenvalue weighted by Crippen LogP contribution is -2.61. The predicted octanol–water partition coefficient (Wildman–Crippen LogP) is 13.8. The highest BCUT2D eigenvalue weighted by atomic mass is 16.7. The van der Waals surface area contributed by atoms with Crippen molar-refractivity contribution in [3.63, 3.8) is 0 Å². The van der Waals surface area contributed by atoms with Crippen LogP contribution in [0.1, 0.15) is 226 Å². The largest absolute Gasteiger partial charge is 0.479 e. The van der Waals surface area contributed by atoms with Gasteiger partial charge in [-0.1, -0.05) is 196 Å². The number of allylic oxidation sites excluding steroid dienone is 12. The van der Waals surface area contributed by atoms with Crippen molar-refractivity contribution in [2.24, 2.45) is 0 Å². The minimum Gasteiger partial charge on any atom is -0.479 e. The number of aliphatic hydroxyl groups excluding tert-OH is 2.